The van der Waals surface area contributed by atoms with E-state index in [2.05, 4.69) is 65.8 Å². The Kier molecular flexibility index (Phi) is 4.21. The zero-order valence-electron chi connectivity index (χ0n) is 17.9. The van der Waals surface area contributed by atoms with Crippen LogP contribution >= 0.6 is 0 Å². The van der Waals surface area contributed by atoms with E-state index in [9.17, 15) is 5.11 Å². The lowest BCUT2D eigenvalue weighted by molar-refractivity contribution is 0.214. The van der Waals surface area contributed by atoms with Crippen LogP contribution in [0.15, 0.2) is 24.4 Å². The van der Waals surface area contributed by atoms with Gasteiger partial charge < -0.3 is 14.6 Å². The van der Waals surface area contributed by atoms with Crippen LogP contribution in [0.2, 0.25) is 0 Å². The van der Waals surface area contributed by atoms with Gasteiger partial charge in [-0.1, -0.05) is 19.9 Å². The smallest absolute Gasteiger partial charge is 0.163 e. The van der Waals surface area contributed by atoms with Crippen molar-refractivity contribution in [2.24, 2.45) is 0 Å². The molecule has 2 aliphatic rings. The van der Waals surface area contributed by atoms with Crippen LogP contribution in [0.4, 0.5) is 0 Å². The summed E-state index contributed by atoms with van der Waals surface area (Å²) in [6, 6.07) is 6.80. The number of benzene rings is 1. The van der Waals surface area contributed by atoms with E-state index in [-0.39, 0.29) is 5.41 Å². The van der Waals surface area contributed by atoms with Gasteiger partial charge in [-0.05, 0) is 80.4 Å². The molecule has 0 radical (unpaired) electrons. The number of likely N-dealkylation sites (tertiary alicyclic amines) is 1. The second-order valence-electron chi connectivity index (χ2n) is 9.56. The molecule has 0 amide bonds. The number of phenolic OH excluding ortho intramolecular Hbond substituents is 1. The second kappa shape index (κ2) is 6.56. The first-order valence-electron chi connectivity index (χ1n) is 10.7. The van der Waals surface area contributed by atoms with E-state index >= 15 is 0 Å². The highest BCUT2D eigenvalue weighted by Gasteiger charge is 2.33. The third-order valence-electron chi connectivity index (χ3n) is 7.15. The highest BCUT2D eigenvalue weighted by atomic mass is 16.3. The minimum Gasteiger partial charge on any atom is -0.507 e. The van der Waals surface area contributed by atoms with Gasteiger partial charge in [0.1, 0.15) is 11.4 Å². The van der Waals surface area contributed by atoms with Crippen LogP contribution in [-0.4, -0.2) is 44.9 Å². The van der Waals surface area contributed by atoms with E-state index in [0.717, 1.165) is 52.8 Å². The van der Waals surface area contributed by atoms with E-state index < -0.39 is 0 Å². The van der Waals surface area contributed by atoms with Crippen molar-refractivity contribution in [2.75, 3.05) is 20.1 Å². The molecule has 1 aliphatic heterocycles. The van der Waals surface area contributed by atoms with Gasteiger partial charge in [-0.25, -0.2) is 0 Å². The number of rotatable bonds is 2. The molecule has 152 valence electrons. The molecular weight excluding hydrogens is 360 g/mol. The first kappa shape index (κ1) is 18.6. The number of hydrogen-bond donors (Lipinski definition) is 1. The Morgan fingerprint density at radius 3 is 2.79 bits per heavy atom. The number of hydrogen-bond acceptors (Lipinski definition) is 4. The predicted octanol–water partition coefficient (Wildman–Crippen LogP) is 4.60. The molecule has 3 aromatic rings. The normalized spacial score (nSPS) is 21.6. The number of aryl methyl sites for hydroxylation is 1. The molecule has 0 bridgehead atoms. The number of aromatic nitrogens is 3. The van der Waals surface area contributed by atoms with Crippen molar-refractivity contribution >= 4 is 11.0 Å². The van der Waals surface area contributed by atoms with Crippen molar-refractivity contribution in [1.29, 1.82) is 0 Å². The Balaban J connectivity index is 1.59. The van der Waals surface area contributed by atoms with Crippen molar-refractivity contribution in [3.05, 3.63) is 41.1 Å². The van der Waals surface area contributed by atoms with Crippen molar-refractivity contribution in [3.63, 3.8) is 0 Å². The minimum atomic E-state index is 0.125. The lowest BCUT2D eigenvalue weighted by Gasteiger charge is -2.30. The summed E-state index contributed by atoms with van der Waals surface area (Å²) in [6.07, 6.45) is 6.54. The lowest BCUT2D eigenvalue weighted by Crippen LogP contribution is -2.33. The number of piperidine rings is 1. The lowest BCUT2D eigenvalue weighted by atomic mass is 9.86. The molecule has 2 aromatic heterocycles. The number of aromatic hydroxyl groups is 1. The van der Waals surface area contributed by atoms with Gasteiger partial charge in [0.2, 0.25) is 0 Å². The van der Waals surface area contributed by atoms with Gasteiger partial charge in [-0.15, -0.1) is 10.2 Å². The van der Waals surface area contributed by atoms with Crippen LogP contribution in [0.25, 0.3) is 22.3 Å². The maximum absolute atomic E-state index is 11.1. The van der Waals surface area contributed by atoms with Gasteiger partial charge in [0.25, 0.3) is 0 Å². The zero-order chi connectivity index (χ0) is 20.3. The Hall–Kier alpha value is -2.40. The quantitative estimate of drug-likeness (QED) is 0.695. The van der Waals surface area contributed by atoms with Crippen LogP contribution in [0.3, 0.4) is 0 Å². The fourth-order valence-electron chi connectivity index (χ4n) is 5.34. The maximum Gasteiger partial charge on any atom is 0.163 e. The fourth-order valence-corrected chi connectivity index (χ4v) is 5.34. The number of nitrogens with zero attached hydrogens (tertiary/aromatic N) is 4. The summed E-state index contributed by atoms with van der Waals surface area (Å²) in [7, 11) is 2.19. The first-order valence-corrected chi connectivity index (χ1v) is 10.7. The number of fused-ring (bicyclic) bond motifs is 2. The second-order valence-corrected chi connectivity index (χ2v) is 9.56. The van der Waals surface area contributed by atoms with Gasteiger partial charge >= 0.3 is 0 Å². The average Bonchev–Trinajstić information content (AvgIpc) is 3.25. The largest absolute Gasteiger partial charge is 0.507 e. The molecule has 1 fully saturated rings. The van der Waals surface area contributed by atoms with Gasteiger partial charge in [0, 0.05) is 29.7 Å². The van der Waals surface area contributed by atoms with Gasteiger partial charge in [0.15, 0.2) is 5.65 Å². The van der Waals surface area contributed by atoms with Crippen molar-refractivity contribution < 1.29 is 5.11 Å². The molecule has 5 heteroatoms. The van der Waals surface area contributed by atoms with E-state index in [1.165, 1.54) is 24.9 Å². The topological polar surface area (TPSA) is 54.2 Å². The molecule has 0 saturated carbocycles. The summed E-state index contributed by atoms with van der Waals surface area (Å²) in [5.41, 5.74) is 6.10. The molecule has 1 saturated heterocycles. The maximum atomic E-state index is 11.1. The molecule has 0 unspecified atom stereocenters. The zero-order valence-corrected chi connectivity index (χ0v) is 17.9. The molecule has 1 atom stereocenters. The van der Waals surface area contributed by atoms with Crippen molar-refractivity contribution in [3.8, 4) is 17.0 Å². The fraction of sp³-hybridized carbons (Fsp3) is 0.500. The van der Waals surface area contributed by atoms with E-state index in [4.69, 9.17) is 0 Å². The average molecular weight is 391 g/mol. The standard InChI is InChI=1S/C24H30N4O/c1-15-17-10-13-28(16-6-5-12-27(4)14-16)23(17)26-25-21(15)19-7-8-20-18(22(19)29)9-11-24(20,2)3/h7-8,10,13,16,29H,5-6,9,11-12,14H2,1-4H3/t16-/m1/s1. The Labute approximate surface area is 172 Å². The first-order chi connectivity index (χ1) is 13.9. The number of likely N-dealkylation sites (N-methyl/N-ethyl adjacent to an activating group) is 1. The monoisotopic (exact) mass is 390 g/mol. The van der Waals surface area contributed by atoms with Crippen molar-refractivity contribution in [1.82, 2.24) is 19.7 Å². The Bertz CT molecular complexity index is 1100. The molecule has 5 nitrogen and oxygen atoms in total. The molecule has 5 rings (SSSR count). The van der Waals surface area contributed by atoms with E-state index in [1.54, 1.807) is 0 Å². The SMILES string of the molecule is Cc1c(-c2ccc3c(c2O)CCC3(C)C)nnc2c1ccn2[C@@H]1CCCN(C)C1. The summed E-state index contributed by atoms with van der Waals surface area (Å²) in [5.74, 6) is 0.387. The molecule has 1 aliphatic carbocycles. The van der Waals surface area contributed by atoms with Gasteiger partial charge in [0.05, 0.1) is 0 Å². The predicted molar refractivity (Wildman–Crippen MR) is 116 cm³/mol. The summed E-state index contributed by atoms with van der Waals surface area (Å²) in [6.45, 7) is 8.81. The Morgan fingerprint density at radius 2 is 2.00 bits per heavy atom. The van der Waals surface area contributed by atoms with E-state index in [0.29, 0.717) is 11.8 Å². The summed E-state index contributed by atoms with van der Waals surface area (Å²) >= 11 is 0. The van der Waals surface area contributed by atoms with Crippen LogP contribution < -0.4 is 0 Å². The number of phenols is 1. The van der Waals surface area contributed by atoms with E-state index in [1.807, 2.05) is 6.07 Å². The minimum absolute atomic E-state index is 0.125. The van der Waals surface area contributed by atoms with Crippen molar-refractivity contribution in [2.45, 2.75) is 57.9 Å². The molecule has 1 aromatic carbocycles. The van der Waals surface area contributed by atoms with Crippen LogP contribution in [0, 0.1) is 6.92 Å². The molecule has 29 heavy (non-hydrogen) atoms. The molecule has 1 N–H and O–H groups in total. The molecule has 0 spiro atoms. The summed E-state index contributed by atoms with van der Waals surface area (Å²) in [4.78, 5) is 2.39. The highest BCUT2D eigenvalue weighted by molar-refractivity contribution is 5.87. The third kappa shape index (κ3) is 2.86. The molecular formula is C24H30N4O. The molecule has 3 heterocycles. The van der Waals surface area contributed by atoms with Crippen LogP contribution in [-0.2, 0) is 11.8 Å². The Morgan fingerprint density at radius 1 is 1.17 bits per heavy atom. The summed E-state index contributed by atoms with van der Waals surface area (Å²) < 4.78 is 2.29. The summed E-state index contributed by atoms with van der Waals surface area (Å²) in [5, 5.41) is 21.4. The van der Waals surface area contributed by atoms with Crippen LogP contribution in [0.5, 0.6) is 5.75 Å². The highest BCUT2D eigenvalue weighted by Crippen LogP contribution is 2.46. The van der Waals surface area contributed by atoms with Gasteiger partial charge in [-0.2, -0.15) is 0 Å². The van der Waals surface area contributed by atoms with Gasteiger partial charge in [-0.3, -0.25) is 0 Å². The third-order valence-corrected chi connectivity index (χ3v) is 7.15. The van der Waals surface area contributed by atoms with Crippen LogP contribution in [0.1, 0.15) is 55.8 Å².